The summed E-state index contributed by atoms with van der Waals surface area (Å²) >= 11 is 0. The molecule has 1 saturated heterocycles. The maximum absolute atomic E-state index is 14.0. The molecule has 0 bridgehead atoms. The molecular formula is C17H26FN3O3S. The first-order valence-electron chi connectivity index (χ1n) is 8.36. The number of anilines is 1. The lowest BCUT2D eigenvalue weighted by molar-refractivity contribution is -0.120. The molecule has 8 heteroatoms. The number of carbonyl (C=O) groups excluding carboxylic acids is 1. The normalized spacial score (nSPS) is 21.8. The fourth-order valence-electron chi connectivity index (χ4n) is 2.86. The predicted octanol–water partition coefficient (Wildman–Crippen LogP) is 2.23. The lowest BCUT2D eigenvalue weighted by Gasteiger charge is -2.27. The van der Waals surface area contributed by atoms with Gasteiger partial charge in [0.15, 0.2) is 0 Å². The van der Waals surface area contributed by atoms with Crippen LogP contribution in [0.5, 0.6) is 0 Å². The van der Waals surface area contributed by atoms with E-state index in [1.807, 2.05) is 6.92 Å². The SMILES string of the molecule is C[C@H]1C[C@@H](C(=O)Nc2ccc(F)c(S(=O)(=O)NC(C)(C)C)c2)CCN1. The van der Waals surface area contributed by atoms with E-state index in [0.29, 0.717) is 12.8 Å². The Morgan fingerprint density at radius 1 is 1.32 bits per heavy atom. The van der Waals surface area contributed by atoms with Crippen molar-refractivity contribution < 1.29 is 17.6 Å². The van der Waals surface area contributed by atoms with Crippen LogP contribution in [0, 0.1) is 11.7 Å². The zero-order valence-corrected chi connectivity index (χ0v) is 15.8. The third-order valence-electron chi connectivity index (χ3n) is 3.92. The lowest BCUT2D eigenvalue weighted by atomic mass is 9.92. The fourth-order valence-corrected chi connectivity index (χ4v) is 4.38. The van der Waals surface area contributed by atoms with Gasteiger partial charge in [0.05, 0.1) is 0 Å². The summed E-state index contributed by atoms with van der Waals surface area (Å²) in [6.45, 7) is 7.79. The monoisotopic (exact) mass is 371 g/mol. The second-order valence-electron chi connectivity index (χ2n) is 7.57. The molecule has 1 fully saturated rings. The molecule has 1 amide bonds. The molecule has 0 aromatic heterocycles. The highest BCUT2D eigenvalue weighted by molar-refractivity contribution is 7.89. The van der Waals surface area contributed by atoms with Crippen molar-refractivity contribution in [3.63, 3.8) is 0 Å². The van der Waals surface area contributed by atoms with Gasteiger partial charge in [-0.2, -0.15) is 0 Å². The second kappa shape index (κ2) is 7.39. The molecule has 6 nitrogen and oxygen atoms in total. The Balaban J connectivity index is 2.20. The molecule has 0 aliphatic carbocycles. The van der Waals surface area contributed by atoms with Crippen LogP contribution in [0.15, 0.2) is 23.1 Å². The van der Waals surface area contributed by atoms with Gasteiger partial charge in [0.2, 0.25) is 15.9 Å². The zero-order chi connectivity index (χ0) is 18.8. The molecule has 140 valence electrons. The van der Waals surface area contributed by atoms with E-state index in [0.717, 1.165) is 18.7 Å². The van der Waals surface area contributed by atoms with Crippen molar-refractivity contribution in [2.45, 2.75) is 57.0 Å². The van der Waals surface area contributed by atoms with Crippen molar-refractivity contribution in [2.24, 2.45) is 5.92 Å². The molecule has 1 aliphatic rings. The minimum Gasteiger partial charge on any atom is -0.326 e. The van der Waals surface area contributed by atoms with Gasteiger partial charge < -0.3 is 10.6 Å². The van der Waals surface area contributed by atoms with Gasteiger partial charge in [0.25, 0.3) is 0 Å². The summed E-state index contributed by atoms with van der Waals surface area (Å²) in [6.07, 6.45) is 1.43. The van der Waals surface area contributed by atoms with E-state index >= 15 is 0 Å². The third-order valence-corrected chi connectivity index (χ3v) is 5.70. The summed E-state index contributed by atoms with van der Waals surface area (Å²) in [5.74, 6) is -1.17. The second-order valence-corrected chi connectivity index (χ2v) is 9.22. The number of piperidine rings is 1. The predicted molar refractivity (Wildman–Crippen MR) is 95.3 cm³/mol. The molecule has 2 rings (SSSR count). The highest BCUT2D eigenvalue weighted by atomic mass is 32.2. The molecule has 2 atom stereocenters. The highest BCUT2D eigenvalue weighted by Crippen LogP contribution is 2.23. The number of rotatable bonds is 4. The van der Waals surface area contributed by atoms with Crippen LogP contribution in [-0.4, -0.2) is 32.5 Å². The van der Waals surface area contributed by atoms with Crippen molar-refractivity contribution in [1.29, 1.82) is 0 Å². The largest absolute Gasteiger partial charge is 0.326 e. The molecule has 1 aromatic carbocycles. The Labute approximate surface area is 148 Å². The molecule has 0 unspecified atom stereocenters. The molecular weight excluding hydrogens is 345 g/mol. The van der Waals surface area contributed by atoms with Crippen LogP contribution in [-0.2, 0) is 14.8 Å². The first-order chi connectivity index (χ1) is 11.5. The quantitative estimate of drug-likeness (QED) is 0.757. The van der Waals surface area contributed by atoms with Crippen molar-refractivity contribution in [1.82, 2.24) is 10.0 Å². The number of hydrogen-bond donors (Lipinski definition) is 3. The fraction of sp³-hybridized carbons (Fsp3) is 0.588. The van der Waals surface area contributed by atoms with Crippen LogP contribution in [0.3, 0.4) is 0 Å². The van der Waals surface area contributed by atoms with Gasteiger partial charge in [-0.1, -0.05) is 0 Å². The third kappa shape index (κ3) is 5.49. The van der Waals surface area contributed by atoms with E-state index in [2.05, 4.69) is 15.4 Å². The van der Waals surface area contributed by atoms with Crippen LogP contribution in [0.4, 0.5) is 10.1 Å². The van der Waals surface area contributed by atoms with Crippen LogP contribution in [0.2, 0.25) is 0 Å². The minimum atomic E-state index is -4.03. The summed E-state index contributed by atoms with van der Waals surface area (Å²) in [7, 11) is -4.03. The van der Waals surface area contributed by atoms with Gasteiger partial charge in [-0.15, -0.1) is 0 Å². The Bertz CT molecular complexity index is 744. The van der Waals surface area contributed by atoms with Crippen LogP contribution in [0.25, 0.3) is 0 Å². The molecule has 0 radical (unpaired) electrons. The zero-order valence-electron chi connectivity index (χ0n) is 15.0. The van der Waals surface area contributed by atoms with E-state index < -0.39 is 26.3 Å². The average Bonchev–Trinajstić information content (AvgIpc) is 2.46. The maximum Gasteiger partial charge on any atom is 0.244 e. The minimum absolute atomic E-state index is 0.144. The summed E-state index contributed by atoms with van der Waals surface area (Å²) in [5.41, 5.74) is -0.470. The smallest absolute Gasteiger partial charge is 0.244 e. The lowest BCUT2D eigenvalue weighted by Crippen LogP contribution is -2.41. The van der Waals surface area contributed by atoms with Crippen molar-refractivity contribution in [3.05, 3.63) is 24.0 Å². The molecule has 1 aliphatic heterocycles. The standard InChI is InChI=1S/C17H26FN3O3S/c1-11-9-12(7-8-19-11)16(22)20-13-5-6-14(18)15(10-13)25(23,24)21-17(2,3)4/h5-6,10-12,19,21H,7-9H2,1-4H3,(H,20,22)/t11-,12-/m0/s1. The highest BCUT2D eigenvalue weighted by Gasteiger charge is 2.27. The van der Waals surface area contributed by atoms with Gasteiger partial charge >= 0.3 is 0 Å². The van der Waals surface area contributed by atoms with Crippen LogP contribution in [0.1, 0.15) is 40.5 Å². The van der Waals surface area contributed by atoms with Gasteiger partial charge in [0, 0.05) is 23.2 Å². The van der Waals surface area contributed by atoms with E-state index in [1.54, 1.807) is 20.8 Å². The molecule has 0 saturated carbocycles. The van der Waals surface area contributed by atoms with Crippen LogP contribution >= 0.6 is 0 Å². The Kier molecular flexibility index (Phi) is 5.86. The number of nitrogens with one attached hydrogen (secondary N) is 3. The number of halogens is 1. The molecule has 1 heterocycles. The van der Waals surface area contributed by atoms with E-state index in [4.69, 9.17) is 0 Å². The van der Waals surface area contributed by atoms with Crippen molar-refractivity contribution >= 4 is 21.6 Å². The Hall–Kier alpha value is -1.51. The first kappa shape index (κ1) is 19.8. The number of hydrogen-bond acceptors (Lipinski definition) is 4. The number of amides is 1. The topological polar surface area (TPSA) is 87.3 Å². The summed E-state index contributed by atoms with van der Waals surface area (Å²) in [4.78, 5) is 11.9. The van der Waals surface area contributed by atoms with Gasteiger partial charge in [0.1, 0.15) is 10.7 Å². The molecule has 25 heavy (non-hydrogen) atoms. The number of benzene rings is 1. The van der Waals surface area contributed by atoms with Gasteiger partial charge in [-0.25, -0.2) is 17.5 Å². The molecule has 3 N–H and O–H groups in total. The van der Waals surface area contributed by atoms with Crippen molar-refractivity contribution in [3.8, 4) is 0 Å². The summed E-state index contributed by atoms with van der Waals surface area (Å²) in [5, 5.41) is 5.98. The van der Waals surface area contributed by atoms with Crippen molar-refractivity contribution in [2.75, 3.05) is 11.9 Å². The maximum atomic E-state index is 14.0. The van der Waals surface area contributed by atoms with E-state index in [-0.39, 0.29) is 23.6 Å². The van der Waals surface area contributed by atoms with Crippen LogP contribution < -0.4 is 15.4 Å². The Morgan fingerprint density at radius 3 is 2.60 bits per heavy atom. The first-order valence-corrected chi connectivity index (χ1v) is 9.84. The average molecular weight is 371 g/mol. The Morgan fingerprint density at radius 2 is 2.00 bits per heavy atom. The molecule has 1 aromatic rings. The summed E-state index contributed by atoms with van der Waals surface area (Å²) < 4.78 is 41.2. The van der Waals surface area contributed by atoms with Gasteiger partial charge in [-0.3, -0.25) is 4.79 Å². The van der Waals surface area contributed by atoms with E-state index in [1.165, 1.54) is 6.07 Å². The summed E-state index contributed by atoms with van der Waals surface area (Å²) in [6, 6.07) is 3.84. The number of carbonyl (C=O) groups is 1. The van der Waals surface area contributed by atoms with E-state index in [9.17, 15) is 17.6 Å². The van der Waals surface area contributed by atoms with Gasteiger partial charge in [-0.05, 0) is 65.3 Å². The molecule has 0 spiro atoms. The number of sulfonamides is 1.